The van der Waals surface area contributed by atoms with Crippen molar-refractivity contribution < 1.29 is 0 Å². The van der Waals surface area contributed by atoms with E-state index in [0.29, 0.717) is 0 Å². The van der Waals surface area contributed by atoms with E-state index < -0.39 is 0 Å². The van der Waals surface area contributed by atoms with Gasteiger partial charge in [0.15, 0.2) is 0 Å². The van der Waals surface area contributed by atoms with Crippen LogP contribution in [0.4, 0.5) is 17.1 Å². The molecule has 266 valence electrons. The number of hydrogen-bond donors (Lipinski definition) is 0. The highest BCUT2D eigenvalue weighted by Gasteiger charge is 2.36. The van der Waals surface area contributed by atoms with Crippen molar-refractivity contribution >= 4 is 27.8 Å². The van der Waals surface area contributed by atoms with Crippen LogP contribution in [-0.4, -0.2) is 0 Å². The van der Waals surface area contributed by atoms with Gasteiger partial charge >= 0.3 is 0 Å². The van der Waals surface area contributed by atoms with Crippen LogP contribution in [0, 0.1) is 0 Å². The lowest BCUT2D eigenvalue weighted by Gasteiger charge is -2.30. The summed E-state index contributed by atoms with van der Waals surface area (Å²) in [5.74, 6) is 0. The molecule has 0 spiro atoms. The van der Waals surface area contributed by atoms with Crippen LogP contribution in [-0.2, 0) is 5.41 Å². The first-order valence-electron chi connectivity index (χ1n) is 19.5. The average molecular weight is 716 g/mol. The summed E-state index contributed by atoms with van der Waals surface area (Å²) in [5.41, 5.74) is 18.2. The normalized spacial score (nSPS) is 12.6. The first-order valence-corrected chi connectivity index (χ1v) is 19.5. The van der Waals surface area contributed by atoms with Gasteiger partial charge in [0.2, 0.25) is 0 Å². The van der Waals surface area contributed by atoms with E-state index in [1.54, 1.807) is 0 Å². The quantitative estimate of drug-likeness (QED) is 0.159. The summed E-state index contributed by atoms with van der Waals surface area (Å²) in [6.45, 7) is 4.76. The Kier molecular flexibility index (Phi) is 8.23. The summed E-state index contributed by atoms with van der Waals surface area (Å²) in [7, 11) is 0. The molecule has 0 atom stereocenters. The zero-order chi connectivity index (χ0) is 37.6. The molecule has 1 aliphatic rings. The summed E-state index contributed by atoms with van der Waals surface area (Å²) in [4.78, 5) is 2.46. The van der Waals surface area contributed by atoms with Crippen molar-refractivity contribution in [3.63, 3.8) is 0 Å². The van der Waals surface area contributed by atoms with Crippen molar-refractivity contribution in [3.8, 4) is 55.6 Å². The van der Waals surface area contributed by atoms with E-state index in [1.165, 1.54) is 77.5 Å². The van der Waals surface area contributed by atoms with Crippen molar-refractivity contribution in [1.82, 2.24) is 0 Å². The third-order valence-corrected chi connectivity index (χ3v) is 11.7. The maximum absolute atomic E-state index is 2.46. The van der Waals surface area contributed by atoms with E-state index in [9.17, 15) is 0 Å². The van der Waals surface area contributed by atoms with Crippen LogP contribution < -0.4 is 4.90 Å². The summed E-state index contributed by atoms with van der Waals surface area (Å²) in [6, 6.07) is 77.6. The maximum atomic E-state index is 2.46. The molecule has 0 N–H and O–H groups in total. The van der Waals surface area contributed by atoms with Crippen molar-refractivity contribution in [2.45, 2.75) is 19.3 Å². The molecule has 0 amide bonds. The van der Waals surface area contributed by atoms with Gasteiger partial charge in [0, 0.05) is 22.4 Å². The van der Waals surface area contributed by atoms with Crippen LogP contribution in [0.3, 0.4) is 0 Å². The predicted molar refractivity (Wildman–Crippen MR) is 238 cm³/mol. The van der Waals surface area contributed by atoms with Gasteiger partial charge in [0.05, 0.1) is 5.69 Å². The zero-order valence-electron chi connectivity index (χ0n) is 31.7. The number of para-hydroxylation sites is 1. The fourth-order valence-corrected chi connectivity index (χ4v) is 8.77. The van der Waals surface area contributed by atoms with Crippen LogP contribution in [0.5, 0.6) is 0 Å². The number of hydrogen-bond acceptors (Lipinski definition) is 1. The lowest BCUT2D eigenvalue weighted by molar-refractivity contribution is 0.661. The number of benzene rings is 9. The molecule has 0 radical (unpaired) electrons. The second-order valence-electron chi connectivity index (χ2n) is 15.4. The minimum atomic E-state index is -0.163. The molecule has 1 nitrogen and oxygen atoms in total. The van der Waals surface area contributed by atoms with Gasteiger partial charge < -0.3 is 4.90 Å². The van der Waals surface area contributed by atoms with Crippen LogP contribution in [0.25, 0.3) is 66.4 Å². The lowest BCUT2D eigenvalue weighted by Crippen LogP contribution is -2.17. The van der Waals surface area contributed by atoms with E-state index in [4.69, 9.17) is 0 Å². The first-order chi connectivity index (χ1) is 27.5. The SMILES string of the molecule is CC1(C)c2cc(N(c3ccc(-c4cccc(-c5ccccc5)c4)cc3)c3ccccc3-c3ccccc3-c3ccccc3)ccc2-c2cc3ccccc3cc21. The Morgan fingerprint density at radius 2 is 0.821 bits per heavy atom. The molecule has 9 aromatic carbocycles. The molecule has 0 fully saturated rings. The number of rotatable bonds is 7. The molecule has 0 unspecified atom stereocenters. The molecule has 1 aliphatic carbocycles. The Balaban J connectivity index is 1.14. The molecule has 0 saturated carbocycles. The van der Waals surface area contributed by atoms with Crippen molar-refractivity contribution in [2.75, 3.05) is 4.90 Å². The molecule has 0 saturated heterocycles. The number of nitrogens with zero attached hydrogens (tertiary/aromatic N) is 1. The molecule has 56 heavy (non-hydrogen) atoms. The predicted octanol–water partition coefficient (Wildman–Crippen LogP) is 15.3. The van der Waals surface area contributed by atoms with Gasteiger partial charge in [-0.05, 0) is 121 Å². The van der Waals surface area contributed by atoms with Crippen molar-refractivity contribution in [2.24, 2.45) is 0 Å². The number of fused-ring (bicyclic) bond motifs is 4. The van der Waals surface area contributed by atoms with E-state index >= 15 is 0 Å². The lowest BCUT2D eigenvalue weighted by atomic mass is 9.81. The molecular weight excluding hydrogens is 675 g/mol. The van der Waals surface area contributed by atoms with Crippen LogP contribution in [0.1, 0.15) is 25.0 Å². The summed E-state index contributed by atoms with van der Waals surface area (Å²) >= 11 is 0. The van der Waals surface area contributed by atoms with Crippen LogP contribution >= 0.6 is 0 Å². The Labute approximate surface area is 329 Å². The average Bonchev–Trinajstić information content (AvgIpc) is 3.48. The summed E-state index contributed by atoms with van der Waals surface area (Å²) < 4.78 is 0. The summed E-state index contributed by atoms with van der Waals surface area (Å²) in [6.07, 6.45) is 0. The third-order valence-electron chi connectivity index (χ3n) is 11.7. The molecule has 0 aromatic heterocycles. The van der Waals surface area contributed by atoms with Gasteiger partial charge in [0.1, 0.15) is 0 Å². The molecular formula is C55H41N. The largest absolute Gasteiger partial charge is 0.310 e. The highest BCUT2D eigenvalue weighted by Crippen LogP contribution is 2.52. The second-order valence-corrected chi connectivity index (χ2v) is 15.4. The van der Waals surface area contributed by atoms with Gasteiger partial charge in [-0.1, -0.05) is 178 Å². The van der Waals surface area contributed by atoms with E-state index in [2.05, 4.69) is 231 Å². The highest BCUT2D eigenvalue weighted by molar-refractivity contribution is 5.97. The van der Waals surface area contributed by atoms with Gasteiger partial charge in [0.25, 0.3) is 0 Å². The van der Waals surface area contributed by atoms with Crippen LogP contribution in [0.15, 0.2) is 212 Å². The Hall–Kier alpha value is -6.96. The van der Waals surface area contributed by atoms with E-state index in [-0.39, 0.29) is 5.41 Å². The molecule has 9 aromatic rings. The molecule has 10 rings (SSSR count). The Morgan fingerprint density at radius 1 is 0.304 bits per heavy atom. The maximum Gasteiger partial charge on any atom is 0.0540 e. The van der Waals surface area contributed by atoms with E-state index in [0.717, 1.165) is 17.1 Å². The van der Waals surface area contributed by atoms with Gasteiger partial charge in [-0.2, -0.15) is 0 Å². The molecule has 0 heterocycles. The monoisotopic (exact) mass is 715 g/mol. The van der Waals surface area contributed by atoms with Crippen molar-refractivity contribution in [3.05, 3.63) is 223 Å². The zero-order valence-corrected chi connectivity index (χ0v) is 31.7. The van der Waals surface area contributed by atoms with Gasteiger partial charge in [-0.25, -0.2) is 0 Å². The fourth-order valence-electron chi connectivity index (χ4n) is 8.77. The van der Waals surface area contributed by atoms with Crippen LogP contribution in [0.2, 0.25) is 0 Å². The molecule has 0 bridgehead atoms. The summed E-state index contributed by atoms with van der Waals surface area (Å²) in [5, 5.41) is 2.57. The molecule has 0 aliphatic heterocycles. The van der Waals surface area contributed by atoms with Gasteiger partial charge in [-0.3, -0.25) is 0 Å². The topological polar surface area (TPSA) is 3.24 Å². The minimum absolute atomic E-state index is 0.163. The first kappa shape index (κ1) is 33.6. The fraction of sp³-hybridized carbons (Fsp3) is 0.0545. The highest BCUT2D eigenvalue weighted by atomic mass is 15.1. The Morgan fingerprint density at radius 3 is 1.54 bits per heavy atom. The van der Waals surface area contributed by atoms with Crippen molar-refractivity contribution in [1.29, 1.82) is 0 Å². The molecule has 1 heteroatoms. The smallest absolute Gasteiger partial charge is 0.0540 e. The second kappa shape index (κ2) is 13.7. The van der Waals surface area contributed by atoms with Gasteiger partial charge in [-0.15, -0.1) is 0 Å². The standard InChI is InChI=1S/C55H41N/c1-55(2)52-36-44-21-10-9-20-43(44)35-51(52)49-33-32-46(37-53(49)55)56(45-30-28-39(29-31-45)42-23-15-22-41(34-42)38-16-5-3-6-17-38)54-27-14-13-26-50(54)48-25-12-11-24-47(48)40-18-7-4-8-19-40/h3-37H,1-2H3. The third kappa shape index (κ3) is 5.81. The number of anilines is 3. The van der Waals surface area contributed by atoms with E-state index in [1.807, 2.05) is 0 Å². The Bertz CT molecular complexity index is 2870. The minimum Gasteiger partial charge on any atom is -0.310 e.